The quantitative estimate of drug-likeness (QED) is 0.790. The van der Waals surface area contributed by atoms with Crippen LogP contribution in [0.3, 0.4) is 0 Å². The van der Waals surface area contributed by atoms with Gasteiger partial charge in [0.25, 0.3) is 5.91 Å². The van der Waals surface area contributed by atoms with Gasteiger partial charge in [-0.2, -0.15) is 5.10 Å². The zero-order valence-corrected chi connectivity index (χ0v) is 15.6. The van der Waals surface area contributed by atoms with Gasteiger partial charge in [0.1, 0.15) is 0 Å². The Morgan fingerprint density at radius 2 is 2.12 bits per heavy atom. The summed E-state index contributed by atoms with van der Waals surface area (Å²) < 4.78 is 7.59. The van der Waals surface area contributed by atoms with Gasteiger partial charge in [-0.05, 0) is 37.9 Å². The Balaban J connectivity index is 1.92. The lowest BCUT2D eigenvalue weighted by Gasteiger charge is -2.27. The number of rotatable bonds is 8. The first kappa shape index (κ1) is 18.5. The molecule has 1 aliphatic heterocycles. The molecule has 1 aromatic heterocycles. The second-order valence-electron chi connectivity index (χ2n) is 6.62. The number of nitrogens with one attached hydrogen (secondary N) is 1. The Bertz CT molecular complexity index is 708. The van der Waals surface area contributed by atoms with Crippen LogP contribution in [0.2, 0.25) is 0 Å². The second kappa shape index (κ2) is 8.85. The molecule has 0 radical (unpaired) electrons. The minimum Gasteiger partial charge on any atom is -0.489 e. The zero-order valence-electron chi connectivity index (χ0n) is 15.6. The molecule has 1 amide bonds. The summed E-state index contributed by atoms with van der Waals surface area (Å²) in [6.07, 6.45) is 4.60. The maximum atomic E-state index is 13.3. The van der Waals surface area contributed by atoms with E-state index in [9.17, 15) is 4.79 Å². The Kier molecular flexibility index (Phi) is 6.28. The van der Waals surface area contributed by atoms with Gasteiger partial charge in [0, 0.05) is 19.1 Å². The normalized spacial score (nSPS) is 16.6. The van der Waals surface area contributed by atoms with Gasteiger partial charge in [-0.15, -0.1) is 0 Å². The van der Waals surface area contributed by atoms with Crippen LogP contribution in [0.4, 0.5) is 0 Å². The molecule has 3 rings (SSSR count). The molecule has 6 nitrogen and oxygen atoms in total. The van der Waals surface area contributed by atoms with Gasteiger partial charge in [-0.25, -0.2) is 4.68 Å². The summed E-state index contributed by atoms with van der Waals surface area (Å²) in [5.41, 5.74) is 1.32. The van der Waals surface area contributed by atoms with Crippen LogP contribution in [0.25, 0.3) is 5.69 Å². The molecule has 1 atom stereocenters. The van der Waals surface area contributed by atoms with Crippen molar-refractivity contribution in [2.24, 2.45) is 0 Å². The SMILES string of the molecule is CCCOc1cn(-c2ccccc2)nc1C(=O)N(CCC)C1CCNC1. The van der Waals surface area contributed by atoms with Crippen molar-refractivity contribution in [1.82, 2.24) is 20.0 Å². The van der Waals surface area contributed by atoms with E-state index in [0.717, 1.165) is 44.6 Å². The van der Waals surface area contributed by atoms with E-state index < -0.39 is 0 Å². The number of benzene rings is 1. The predicted octanol–water partition coefficient (Wildman–Crippen LogP) is 2.88. The summed E-state index contributed by atoms with van der Waals surface area (Å²) in [7, 11) is 0. The standard InChI is InChI=1S/C20H28N4O2/c1-3-12-23(17-10-11-21-14-17)20(25)19-18(26-13-4-2)15-24(22-19)16-8-6-5-7-9-16/h5-9,15,17,21H,3-4,10-14H2,1-2H3. The molecule has 0 aliphatic carbocycles. The van der Waals surface area contributed by atoms with E-state index >= 15 is 0 Å². The van der Waals surface area contributed by atoms with Gasteiger partial charge in [0.15, 0.2) is 11.4 Å². The molecule has 2 aromatic rings. The zero-order chi connectivity index (χ0) is 18.4. The summed E-state index contributed by atoms with van der Waals surface area (Å²) in [5.74, 6) is 0.522. The largest absolute Gasteiger partial charge is 0.489 e. The number of ether oxygens (including phenoxy) is 1. The Morgan fingerprint density at radius 1 is 1.31 bits per heavy atom. The summed E-state index contributed by atoms with van der Waals surface area (Å²) >= 11 is 0. The second-order valence-corrected chi connectivity index (χ2v) is 6.62. The Hall–Kier alpha value is -2.34. The summed E-state index contributed by atoms with van der Waals surface area (Å²) in [6, 6.07) is 10.0. The molecule has 0 bridgehead atoms. The lowest BCUT2D eigenvalue weighted by atomic mass is 10.2. The molecule has 2 heterocycles. The van der Waals surface area contributed by atoms with Crippen LogP contribution in [0, 0.1) is 0 Å². The minimum absolute atomic E-state index is 0.0404. The van der Waals surface area contributed by atoms with E-state index in [2.05, 4.69) is 24.3 Å². The molecule has 1 aromatic carbocycles. The van der Waals surface area contributed by atoms with E-state index in [-0.39, 0.29) is 11.9 Å². The van der Waals surface area contributed by atoms with E-state index in [1.54, 1.807) is 4.68 Å². The first-order valence-electron chi connectivity index (χ1n) is 9.54. The number of hydrogen-bond acceptors (Lipinski definition) is 4. The smallest absolute Gasteiger partial charge is 0.278 e. The fraction of sp³-hybridized carbons (Fsp3) is 0.500. The molecular weight excluding hydrogens is 328 g/mol. The van der Waals surface area contributed by atoms with E-state index in [1.807, 2.05) is 41.4 Å². The molecule has 0 saturated carbocycles. The first-order chi connectivity index (χ1) is 12.7. The van der Waals surface area contributed by atoms with Crippen molar-refractivity contribution in [3.63, 3.8) is 0 Å². The van der Waals surface area contributed by atoms with Gasteiger partial charge in [-0.3, -0.25) is 4.79 Å². The van der Waals surface area contributed by atoms with Crippen molar-refractivity contribution in [3.05, 3.63) is 42.2 Å². The Morgan fingerprint density at radius 3 is 2.77 bits per heavy atom. The van der Waals surface area contributed by atoms with E-state index in [1.165, 1.54) is 0 Å². The number of carbonyl (C=O) groups is 1. The van der Waals surface area contributed by atoms with Crippen LogP contribution in [0.15, 0.2) is 36.5 Å². The minimum atomic E-state index is -0.0404. The number of amides is 1. The van der Waals surface area contributed by atoms with E-state index in [0.29, 0.717) is 18.1 Å². The van der Waals surface area contributed by atoms with Crippen LogP contribution in [-0.2, 0) is 0 Å². The summed E-state index contributed by atoms with van der Waals surface area (Å²) in [5, 5.41) is 7.93. The van der Waals surface area contributed by atoms with Crippen molar-refractivity contribution >= 4 is 5.91 Å². The van der Waals surface area contributed by atoms with Crippen LogP contribution >= 0.6 is 0 Å². The highest BCUT2D eigenvalue weighted by molar-refractivity contribution is 5.95. The molecule has 1 saturated heterocycles. The topological polar surface area (TPSA) is 59.4 Å². The summed E-state index contributed by atoms with van der Waals surface area (Å²) in [6.45, 7) is 7.25. The van der Waals surface area contributed by atoms with Crippen molar-refractivity contribution < 1.29 is 9.53 Å². The third-order valence-electron chi connectivity index (χ3n) is 4.57. The lowest BCUT2D eigenvalue weighted by molar-refractivity contribution is 0.0681. The van der Waals surface area contributed by atoms with Gasteiger partial charge in [0.2, 0.25) is 0 Å². The predicted molar refractivity (Wildman–Crippen MR) is 102 cm³/mol. The fourth-order valence-corrected chi connectivity index (χ4v) is 3.27. The maximum Gasteiger partial charge on any atom is 0.278 e. The lowest BCUT2D eigenvalue weighted by Crippen LogP contribution is -2.42. The van der Waals surface area contributed by atoms with Gasteiger partial charge >= 0.3 is 0 Å². The van der Waals surface area contributed by atoms with Gasteiger partial charge in [-0.1, -0.05) is 32.0 Å². The molecule has 1 aliphatic rings. The highest BCUT2D eigenvalue weighted by Gasteiger charge is 2.30. The number of nitrogens with zero attached hydrogens (tertiary/aromatic N) is 3. The maximum absolute atomic E-state index is 13.3. The fourth-order valence-electron chi connectivity index (χ4n) is 3.27. The summed E-state index contributed by atoms with van der Waals surface area (Å²) in [4.78, 5) is 15.2. The van der Waals surface area contributed by atoms with Crippen molar-refractivity contribution in [2.45, 2.75) is 39.2 Å². The average Bonchev–Trinajstić information content (AvgIpc) is 3.34. The van der Waals surface area contributed by atoms with Gasteiger partial charge < -0.3 is 15.0 Å². The molecule has 140 valence electrons. The molecule has 26 heavy (non-hydrogen) atoms. The number of hydrogen-bond donors (Lipinski definition) is 1. The highest BCUT2D eigenvalue weighted by Crippen LogP contribution is 2.24. The number of carbonyl (C=O) groups excluding carboxylic acids is 1. The first-order valence-corrected chi connectivity index (χ1v) is 9.54. The van der Waals surface area contributed by atoms with Crippen LogP contribution < -0.4 is 10.1 Å². The van der Waals surface area contributed by atoms with Gasteiger partial charge in [0.05, 0.1) is 18.5 Å². The van der Waals surface area contributed by atoms with Crippen molar-refractivity contribution in [1.29, 1.82) is 0 Å². The molecule has 0 spiro atoms. The Labute approximate surface area is 155 Å². The third kappa shape index (κ3) is 4.07. The molecule has 1 N–H and O–H groups in total. The average molecular weight is 356 g/mol. The molecule has 1 unspecified atom stereocenters. The van der Waals surface area contributed by atoms with Crippen LogP contribution in [0.1, 0.15) is 43.6 Å². The molecule has 6 heteroatoms. The van der Waals surface area contributed by atoms with Crippen LogP contribution in [0.5, 0.6) is 5.75 Å². The van der Waals surface area contributed by atoms with Crippen molar-refractivity contribution in [3.8, 4) is 11.4 Å². The number of para-hydroxylation sites is 1. The van der Waals surface area contributed by atoms with E-state index in [4.69, 9.17) is 4.74 Å². The molecular formula is C20H28N4O2. The monoisotopic (exact) mass is 356 g/mol. The number of aromatic nitrogens is 2. The van der Waals surface area contributed by atoms with Crippen LogP contribution in [-0.4, -0.2) is 52.9 Å². The highest BCUT2D eigenvalue weighted by atomic mass is 16.5. The van der Waals surface area contributed by atoms with Crippen molar-refractivity contribution in [2.75, 3.05) is 26.2 Å². The third-order valence-corrected chi connectivity index (χ3v) is 4.57. The molecule has 1 fully saturated rings.